The highest BCUT2D eigenvalue weighted by molar-refractivity contribution is 5.88. The second kappa shape index (κ2) is 3.93. The minimum Gasteiger partial charge on any atom is -0.504 e. The summed E-state index contributed by atoms with van der Waals surface area (Å²) in [6.07, 6.45) is 3.25. The molecule has 0 aliphatic rings. The van der Waals surface area contributed by atoms with Crippen molar-refractivity contribution in [3.05, 3.63) is 11.9 Å². The highest BCUT2D eigenvalue weighted by atomic mass is 16.4. The molecule has 1 aromatic rings. The number of hydrogen-bond donors (Lipinski definition) is 2. The molecular weight excluding hydrogens is 172 g/mol. The summed E-state index contributed by atoms with van der Waals surface area (Å²) in [5.74, 6) is -1.48. The minimum absolute atomic E-state index is 0.274. The van der Waals surface area contributed by atoms with Gasteiger partial charge in [0.05, 0.1) is 6.20 Å². The van der Waals surface area contributed by atoms with Crippen molar-refractivity contribution in [3.8, 4) is 5.75 Å². The first-order chi connectivity index (χ1) is 6.15. The summed E-state index contributed by atoms with van der Waals surface area (Å²) in [6, 6.07) is 0. The Morgan fingerprint density at radius 2 is 2.38 bits per heavy atom. The highest BCUT2D eigenvalue weighted by Crippen LogP contribution is 2.14. The highest BCUT2D eigenvalue weighted by Gasteiger charge is 2.14. The van der Waals surface area contributed by atoms with Crippen LogP contribution in [0.4, 0.5) is 0 Å². The fourth-order valence-electron chi connectivity index (χ4n) is 0.998. The molecule has 5 nitrogen and oxygen atoms in total. The van der Waals surface area contributed by atoms with E-state index < -0.39 is 5.97 Å². The summed E-state index contributed by atoms with van der Waals surface area (Å²) in [7, 11) is 0. The Morgan fingerprint density at radius 1 is 1.69 bits per heavy atom. The summed E-state index contributed by atoms with van der Waals surface area (Å²) in [5.41, 5.74) is -0.281. The number of aromatic hydroxyl groups is 1. The number of nitrogens with zero attached hydrogens (tertiary/aromatic N) is 2. The third-order valence-electron chi connectivity index (χ3n) is 1.69. The van der Waals surface area contributed by atoms with Gasteiger partial charge in [-0.2, -0.15) is 5.10 Å². The van der Waals surface area contributed by atoms with Crippen LogP contribution in [-0.2, 0) is 6.54 Å². The summed E-state index contributed by atoms with van der Waals surface area (Å²) in [6.45, 7) is 2.67. The van der Waals surface area contributed by atoms with Gasteiger partial charge in [-0.15, -0.1) is 0 Å². The van der Waals surface area contributed by atoms with Gasteiger partial charge in [0.1, 0.15) is 0 Å². The van der Waals surface area contributed by atoms with Gasteiger partial charge in [-0.1, -0.05) is 13.3 Å². The van der Waals surface area contributed by atoms with E-state index in [0.29, 0.717) is 6.54 Å². The zero-order chi connectivity index (χ0) is 9.84. The van der Waals surface area contributed by atoms with Crippen LogP contribution in [0.15, 0.2) is 6.20 Å². The molecule has 0 saturated heterocycles. The fourth-order valence-corrected chi connectivity index (χ4v) is 0.998. The first-order valence-electron chi connectivity index (χ1n) is 4.15. The lowest BCUT2D eigenvalue weighted by molar-refractivity contribution is 0.0686. The number of rotatable bonds is 4. The quantitative estimate of drug-likeness (QED) is 0.734. The van der Waals surface area contributed by atoms with E-state index in [2.05, 4.69) is 5.10 Å². The molecule has 0 aromatic carbocycles. The lowest BCUT2D eigenvalue weighted by Crippen LogP contribution is -2.02. The molecular formula is C8H12N2O3. The summed E-state index contributed by atoms with van der Waals surface area (Å²) in [5, 5.41) is 21.4. The maximum absolute atomic E-state index is 10.5. The second-order valence-electron chi connectivity index (χ2n) is 2.78. The van der Waals surface area contributed by atoms with E-state index in [1.165, 1.54) is 10.9 Å². The molecule has 0 fully saturated rings. The monoisotopic (exact) mass is 184 g/mol. The zero-order valence-electron chi connectivity index (χ0n) is 7.40. The number of unbranched alkanes of at least 4 members (excludes halogenated alkanes) is 1. The molecule has 2 N–H and O–H groups in total. The van der Waals surface area contributed by atoms with Crippen molar-refractivity contribution in [2.45, 2.75) is 26.3 Å². The molecule has 0 spiro atoms. The van der Waals surface area contributed by atoms with Crippen LogP contribution in [0.5, 0.6) is 5.75 Å². The molecule has 1 rings (SSSR count). The maximum atomic E-state index is 10.5. The Bertz CT molecular complexity index is 306. The van der Waals surface area contributed by atoms with Gasteiger partial charge >= 0.3 is 5.97 Å². The first-order valence-corrected chi connectivity index (χ1v) is 4.15. The smallest absolute Gasteiger partial charge is 0.360 e. The fraction of sp³-hybridized carbons (Fsp3) is 0.500. The number of aromatic carboxylic acids is 1. The van der Waals surface area contributed by atoms with E-state index >= 15 is 0 Å². The van der Waals surface area contributed by atoms with Crippen LogP contribution in [0, 0.1) is 0 Å². The summed E-state index contributed by atoms with van der Waals surface area (Å²) in [4.78, 5) is 10.5. The molecule has 1 heterocycles. The standard InChI is InChI=1S/C8H12N2O3/c1-2-3-4-10-5-6(11)7(9-10)8(12)13/h5,11H,2-4H2,1H3,(H,12,13). The molecule has 72 valence electrons. The van der Waals surface area contributed by atoms with Crippen LogP contribution >= 0.6 is 0 Å². The van der Waals surface area contributed by atoms with Crippen molar-refractivity contribution in [2.75, 3.05) is 0 Å². The molecule has 0 aliphatic heterocycles. The Balaban J connectivity index is 2.76. The van der Waals surface area contributed by atoms with Gasteiger partial charge < -0.3 is 10.2 Å². The molecule has 13 heavy (non-hydrogen) atoms. The summed E-state index contributed by atoms with van der Waals surface area (Å²) < 4.78 is 1.45. The van der Waals surface area contributed by atoms with E-state index in [-0.39, 0.29) is 11.4 Å². The van der Waals surface area contributed by atoms with Gasteiger partial charge in [-0.3, -0.25) is 4.68 Å². The Hall–Kier alpha value is -1.52. The number of aromatic nitrogens is 2. The number of carbonyl (C=O) groups is 1. The second-order valence-corrected chi connectivity index (χ2v) is 2.78. The summed E-state index contributed by atoms with van der Waals surface area (Å²) >= 11 is 0. The molecule has 0 aliphatic carbocycles. The normalized spacial score (nSPS) is 10.2. The Labute approximate surface area is 75.6 Å². The number of hydrogen-bond acceptors (Lipinski definition) is 3. The van der Waals surface area contributed by atoms with Crippen LogP contribution < -0.4 is 0 Å². The topological polar surface area (TPSA) is 75.4 Å². The lowest BCUT2D eigenvalue weighted by Gasteiger charge is -1.96. The molecule has 0 unspecified atom stereocenters. The van der Waals surface area contributed by atoms with E-state index in [0.717, 1.165) is 12.8 Å². The van der Waals surface area contributed by atoms with E-state index in [1.807, 2.05) is 6.92 Å². The van der Waals surface area contributed by atoms with Crippen molar-refractivity contribution < 1.29 is 15.0 Å². The molecule has 5 heteroatoms. The third kappa shape index (κ3) is 2.21. The average molecular weight is 184 g/mol. The van der Waals surface area contributed by atoms with Gasteiger partial charge in [0.2, 0.25) is 5.69 Å². The predicted octanol–water partition coefficient (Wildman–Crippen LogP) is 1.09. The van der Waals surface area contributed by atoms with E-state index in [9.17, 15) is 4.79 Å². The number of carboxylic acid groups (broad SMARTS) is 1. The molecule has 0 saturated carbocycles. The van der Waals surface area contributed by atoms with Crippen LogP contribution in [0.1, 0.15) is 30.3 Å². The van der Waals surface area contributed by atoms with Crippen molar-refractivity contribution in [2.24, 2.45) is 0 Å². The van der Waals surface area contributed by atoms with Crippen molar-refractivity contribution >= 4 is 5.97 Å². The Kier molecular flexibility index (Phi) is 2.89. The van der Waals surface area contributed by atoms with Crippen molar-refractivity contribution in [3.63, 3.8) is 0 Å². The number of aryl methyl sites for hydroxylation is 1. The molecule has 0 radical (unpaired) electrons. The van der Waals surface area contributed by atoms with Gasteiger partial charge in [0, 0.05) is 6.54 Å². The van der Waals surface area contributed by atoms with Crippen LogP contribution in [0.2, 0.25) is 0 Å². The third-order valence-corrected chi connectivity index (χ3v) is 1.69. The molecule has 0 bridgehead atoms. The largest absolute Gasteiger partial charge is 0.504 e. The first kappa shape index (κ1) is 9.57. The lowest BCUT2D eigenvalue weighted by atomic mass is 10.3. The SMILES string of the molecule is CCCCn1cc(O)c(C(=O)O)n1. The average Bonchev–Trinajstić information content (AvgIpc) is 2.43. The molecule has 1 aromatic heterocycles. The van der Waals surface area contributed by atoms with Crippen LogP contribution in [0.25, 0.3) is 0 Å². The zero-order valence-corrected chi connectivity index (χ0v) is 7.40. The van der Waals surface area contributed by atoms with Gasteiger partial charge in [0.15, 0.2) is 5.75 Å². The predicted molar refractivity (Wildman–Crippen MR) is 45.8 cm³/mol. The van der Waals surface area contributed by atoms with Gasteiger partial charge in [-0.25, -0.2) is 4.79 Å². The van der Waals surface area contributed by atoms with Crippen LogP contribution in [0.3, 0.4) is 0 Å². The van der Waals surface area contributed by atoms with E-state index in [4.69, 9.17) is 10.2 Å². The Morgan fingerprint density at radius 3 is 2.85 bits per heavy atom. The van der Waals surface area contributed by atoms with Crippen molar-refractivity contribution in [1.29, 1.82) is 0 Å². The number of carboxylic acids is 1. The maximum Gasteiger partial charge on any atom is 0.360 e. The van der Waals surface area contributed by atoms with Gasteiger partial charge in [-0.05, 0) is 6.42 Å². The van der Waals surface area contributed by atoms with E-state index in [1.54, 1.807) is 0 Å². The molecule has 0 atom stereocenters. The van der Waals surface area contributed by atoms with Gasteiger partial charge in [0.25, 0.3) is 0 Å². The minimum atomic E-state index is -1.20. The van der Waals surface area contributed by atoms with Crippen LogP contribution in [-0.4, -0.2) is 26.0 Å². The molecule has 0 amide bonds. The van der Waals surface area contributed by atoms with Crippen molar-refractivity contribution in [1.82, 2.24) is 9.78 Å².